The predicted octanol–water partition coefficient (Wildman–Crippen LogP) is 0.372. The second-order valence-electron chi connectivity index (χ2n) is 2.73. The van der Waals surface area contributed by atoms with Gasteiger partial charge in [-0.15, -0.1) is 0 Å². The van der Waals surface area contributed by atoms with E-state index < -0.39 is 0 Å². The van der Waals surface area contributed by atoms with Crippen LogP contribution < -0.4 is 0 Å². The minimum atomic E-state index is -0.135. The maximum Gasteiger partial charge on any atom is 0.0512 e. The maximum atomic E-state index is 8.78. The Hall–Kier alpha value is 0.400. The van der Waals surface area contributed by atoms with Gasteiger partial charge in [-0.3, -0.25) is 0 Å². The number of aliphatic hydroxyl groups is 2. The molecule has 0 aromatic carbocycles. The largest absolute Gasteiger partial charge is 0.396 e. The van der Waals surface area contributed by atoms with Crippen molar-refractivity contribution in [3.05, 3.63) is 0 Å². The Labute approximate surface area is 63.0 Å². The fourth-order valence-electron chi connectivity index (χ4n) is 1.09. The summed E-state index contributed by atoms with van der Waals surface area (Å²) in [5.74, 6) is 0.493. The molecule has 9 heavy (non-hydrogen) atoms. The summed E-state index contributed by atoms with van der Waals surface area (Å²) in [5.41, 5.74) is -0.135. The quantitative estimate of drug-likeness (QED) is 0.639. The van der Waals surface area contributed by atoms with Gasteiger partial charge in [0.25, 0.3) is 0 Å². The molecule has 0 heterocycles. The Morgan fingerprint density at radius 1 is 1.44 bits per heavy atom. The normalized spacial score (nSPS) is 30.3. The average molecular weight is 195 g/mol. The molecule has 54 valence electrons. The smallest absolute Gasteiger partial charge is 0.0512 e. The first-order valence-corrected chi connectivity index (χ1v) is 4.19. The Morgan fingerprint density at radius 2 is 2.00 bits per heavy atom. The van der Waals surface area contributed by atoms with Crippen LogP contribution in [0.3, 0.4) is 0 Å². The summed E-state index contributed by atoms with van der Waals surface area (Å²) in [5, 5.41) is 18.5. The minimum absolute atomic E-state index is 0.125. The van der Waals surface area contributed by atoms with Crippen LogP contribution in [0, 0.1) is 11.3 Å². The summed E-state index contributed by atoms with van der Waals surface area (Å²) in [6.07, 6.45) is 0.964. The van der Waals surface area contributed by atoms with E-state index in [1.807, 2.05) is 0 Å². The van der Waals surface area contributed by atoms with Crippen molar-refractivity contribution in [2.75, 3.05) is 18.5 Å². The van der Waals surface area contributed by atoms with E-state index in [2.05, 4.69) is 15.9 Å². The fraction of sp³-hybridized carbons (Fsp3) is 1.00. The molecule has 0 saturated heterocycles. The Bertz CT molecular complexity index is 101. The van der Waals surface area contributed by atoms with Gasteiger partial charge in [0.1, 0.15) is 0 Å². The fourth-order valence-corrected chi connectivity index (χ4v) is 2.00. The standard InChI is InChI=1S/C6H11BrO2/c7-2-5-1-6(5,3-8)4-9/h5,8-9H,1-4H2. The van der Waals surface area contributed by atoms with Crippen molar-refractivity contribution in [3.63, 3.8) is 0 Å². The highest BCUT2D eigenvalue weighted by Crippen LogP contribution is 2.52. The second kappa shape index (κ2) is 2.56. The summed E-state index contributed by atoms with van der Waals surface area (Å²) in [6.45, 7) is 0.250. The van der Waals surface area contributed by atoms with Crippen LogP contribution in [0.4, 0.5) is 0 Å². The number of rotatable bonds is 3. The van der Waals surface area contributed by atoms with E-state index in [9.17, 15) is 0 Å². The molecule has 0 spiro atoms. The van der Waals surface area contributed by atoms with E-state index in [1.54, 1.807) is 0 Å². The number of hydrogen-bond acceptors (Lipinski definition) is 2. The molecular formula is C6H11BrO2. The number of hydrogen-bond donors (Lipinski definition) is 2. The van der Waals surface area contributed by atoms with Gasteiger partial charge in [-0.05, 0) is 12.3 Å². The first kappa shape index (κ1) is 7.51. The molecule has 1 unspecified atom stereocenters. The Kier molecular flexibility index (Phi) is 2.14. The topological polar surface area (TPSA) is 40.5 Å². The molecule has 0 aliphatic heterocycles. The van der Waals surface area contributed by atoms with Gasteiger partial charge >= 0.3 is 0 Å². The molecule has 0 bridgehead atoms. The van der Waals surface area contributed by atoms with E-state index in [4.69, 9.17) is 10.2 Å². The van der Waals surface area contributed by atoms with Gasteiger partial charge in [0.05, 0.1) is 13.2 Å². The zero-order valence-corrected chi connectivity index (χ0v) is 6.76. The van der Waals surface area contributed by atoms with Crippen molar-refractivity contribution >= 4 is 15.9 Å². The minimum Gasteiger partial charge on any atom is -0.396 e. The summed E-state index contributed by atoms with van der Waals surface area (Å²) >= 11 is 3.31. The van der Waals surface area contributed by atoms with Crippen LogP contribution in [-0.2, 0) is 0 Å². The lowest BCUT2D eigenvalue weighted by Crippen LogP contribution is -2.15. The van der Waals surface area contributed by atoms with Crippen molar-refractivity contribution in [2.24, 2.45) is 11.3 Å². The van der Waals surface area contributed by atoms with Gasteiger partial charge in [0.2, 0.25) is 0 Å². The average Bonchev–Trinajstić information content (AvgIpc) is 2.63. The molecule has 1 aliphatic carbocycles. The first-order chi connectivity index (χ1) is 4.29. The molecule has 1 atom stereocenters. The predicted molar refractivity (Wildman–Crippen MR) is 38.5 cm³/mol. The van der Waals surface area contributed by atoms with E-state index in [-0.39, 0.29) is 18.6 Å². The molecule has 1 fully saturated rings. The second-order valence-corrected chi connectivity index (χ2v) is 3.38. The first-order valence-electron chi connectivity index (χ1n) is 3.07. The highest BCUT2D eigenvalue weighted by molar-refractivity contribution is 9.09. The number of aliphatic hydroxyl groups excluding tert-OH is 2. The van der Waals surface area contributed by atoms with Crippen molar-refractivity contribution in [3.8, 4) is 0 Å². The van der Waals surface area contributed by atoms with Crippen molar-refractivity contribution in [2.45, 2.75) is 6.42 Å². The maximum absolute atomic E-state index is 8.78. The highest BCUT2D eigenvalue weighted by Gasteiger charge is 2.52. The van der Waals surface area contributed by atoms with Crippen LogP contribution >= 0.6 is 15.9 Å². The molecule has 1 aliphatic rings. The molecule has 3 heteroatoms. The molecule has 0 aromatic heterocycles. The van der Waals surface area contributed by atoms with Gasteiger partial charge in [-0.25, -0.2) is 0 Å². The molecule has 1 saturated carbocycles. The van der Waals surface area contributed by atoms with E-state index in [0.717, 1.165) is 11.8 Å². The highest BCUT2D eigenvalue weighted by atomic mass is 79.9. The third kappa shape index (κ3) is 1.14. The lowest BCUT2D eigenvalue weighted by molar-refractivity contribution is 0.124. The SMILES string of the molecule is OCC1(CO)CC1CBr. The van der Waals surface area contributed by atoms with E-state index in [1.165, 1.54) is 0 Å². The zero-order chi connectivity index (χ0) is 6.91. The molecule has 2 nitrogen and oxygen atoms in total. The molecule has 2 N–H and O–H groups in total. The summed E-state index contributed by atoms with van der Waals surface area (Å²) in [7, 11) is 0. The van der Waals surface area contributed by atoms with Crippen molar-refractivity contribution in [1.29, 1.82) is 0 Å². The number of halogens is 1. The third-order valence-electron chi connectivity index (χ3n) is 2.17. The lowest BCUT2D eigenvalue weighted by Gasteiger charge is -2.07. The Morgan fingerprint density at radius 3 is 2.11 bits per heavy atom. The molecule has 1 rings (SSSR count). The van der Waals surface area contributed by atoms with Gasteiger partial charge in [0.15, 0.2) is 0 Å². The van der Waals surface area contributed by atoms with Crippen molar-refractivity contribution in [1.82, 2.24) is 0 Å². The van der Waals surface area contributed by atoms with Crippen molar-refractivity contribution < 1.29 is 10.2 Å². The van der Waals surface area contributed by atoms with Crippen LogP contribution in [0.25, 0.3) is 0 Å². The molecule has 0 aromatic rings. The van der Waals surface area contributed by atoms with E-state index in [0.29, 0.717) is 5.92 Å². The van der Waals surface area contributed by atoms with Gasteiger partial charge < -0.3 is 10.2 Å². The summed E-state index contributed by atoms with van der Waals surface area (Å²) in [6, 6.07) is 0. The van der Waals surface area contributed by atoms with Crippen LogP contribution in [0.5, 0.6) is 0 Å². The zero-order valence-electron chi connectivity index (χ0n) is 5.18. The Balaban J connectivity index is 2.37. The number of alkyl halides is 1. The monoisotopic (exact) mass is 194 g/mol. The van der Waals surface area contributed by atoms with Gasteiger partial charge in [0, 0.05) is 10.7 Å². The third-order valence-corrected chi connectivity index (χ3v) is 2.96. The lowest BCUT2D eigenvalue weighted by atomic mass is 10.1. The molecule has 0 radical (unpaired) electrons. The summed E-state index contributed by atoms with van der Waals surface area (Å²) in [4.78, 5) is 0. The molecule has 0 amide bonds. The van der Waals surface area contributed by atoms with Gasteiger partial charge in [-0.1, -0.05) is 15.9 Å². The summed E-state index contributed by atoms with van der Waals surface area (Å²) < 4.78 is 0. The van der Waals surface area contributed by atoms with Gasteiger partial charge in [-0.2, -0.15) is 0 Å². The van der Waals surface area contributed by atoms with Crippen LogP contribution in [0.1, 0.15) is 6.42 Å². The van der Waals surface area contributed by atoms with E-state index >= 15 is 0 Å². The molecular weight excluding hydrogens is 184 g/mol. The van der Waals surface area contributed by atoms with Crippen LogP contribution in [0.2, 0.25) is 0 Å². The van der Waals surface area contributed by atoms with Crippen LogP contribution in [0.15, 0.2) is 0 Å². The van der Waals surface area contributed by atoms with Crippen LogP contribution in [-0.4, -0.2) is 28.8 Å².